The van der Waals surface area contributed by atoms with Gasteiger partial charge in [0.2, 0.25) is 0 Å². The minimum Gasteiger partial charge on any atom is -0.377 e. The predicted octanol–water partition coefficient (Wildman–Crippen LogP) is 3.32. The van der Waals surface area contributed by atoms with Gasteiger partial charge in [0.05, 0.1) is 0 Å². The molecule has 1 heterocycles. The molecule has 0 radical (unpaired) electrons. The van der Waals surface area contributed by atoms with E-state index in [9.17, 15) is 0 Å². The Kier molecular flexibility index (Phi) is 3.55. The van der Waals surface area contributed by atoms with Crippen molar-refractivity contribution in [3.05, 3.63) is 59.9 Å². The molecular weight excluding hydrogens is 208 g/mol. The van der Waals surface area contributed by atoms with Gasteiger partial charge in [0.25, 0.3) is 0 Å². The average molecular weight is 224 g/mol. The lowest BCUT2D eigenvalue weighted by Crippen LogP contribution is -2.09. The average Bonchev–Trinajstić information content (AvgIpc) is 2.38. The molecule has 0 amide bonds. The highest BCUT2D eigenvalue weighted by Crippen LogP contribution is 2.20. The van der Waals surface area contributed by atoms with Crippen LogP contribution in [0.3, 0.4) is 0 Å². The summed E-state index contributed by atoms with van der Waals surface area (Å²) in [5, 5.41) is 0. The summed E-state index contributed by atoms with van der Waals surface area (Å²) in [7, 11) is 4.11. The van der Waals surface area contributed by atoms with E-state index >= 15 is 0 Å². The highest BCUT2D eigenvalue weighted by molar-refractivity contribution is 5.76. The SMILES string of the molecule is CN(C)c1ccccc1/C=C/c1ccncc1. The van der Waals surface area contributed by atoms with Crippen molar-refractivity contribution in [2.24, 2.45) is 0 Å². The number of hydrogen-bond acceptors (Lipinski definition) is 2. The van der Waals surface area contributed by atoms with Crippen molar-refractivity contribution in [3.63, 3.8) is 0 Å². The van der Waals surface area contributed by atoms with Gasteiger partial charge in [-0.2, -0.15) is 0 Å². The van der Waals surface area contributed by atoms with Crippen LogP contribution in [0.5, 0.6) is 0 Å². The molecule has 0 fully saturated rings. The second kappa shape index (κ2) is 5.30. The van der Waals surface area contributed by atoms with Crippen LogP contribution in [-0.2, 0) is 0 Å². The molecule has 0 aliphatic rings. The third-order valence-electron chi connectivity index (χ3n) is 2.58. The van der Waals surface area contributed by atoms with E-state index in [0.29, 0.717) is 0 Å². The lowest BCUT2D eigenvalue weighted by Gasteiger charge is -2.15. The van der Waals surface area contributed by atoms with Crippen LogP contribution in [0.25, 0.3) is 12.2 Å². The fourth-order valence-electron chi connectivity index (χ4n) is 1.70. The largest absolute Gasteiger partial charge is 0.377 e. The van der Waals surface area contributed by atoms with Crippen LogP contribution in [-0.4, -0.2) is 19.1 Å². The highest BCUT2D eigenvalue weighted by atomic mass is 15.1. The lowest BCUT2D eigenvalue weighted by molar-refractivity contribution is 1.13. The minimum atomic E-state index is 1.16. The molecule has 0 bridgehead atoms. The van der Waals surface area contributed by atoms with Gasteiger partial charge in [0, 0.05) is 32.2 Å². The van der Waals surface area contributed by atoms with E-state index in [0.717, 1.165) is 5.56 Å². The molecule has 0 aliphatic heterocycles. The molecule has 1 aromatic heterocycles. The van der Waals surface area contributed by atoms with Crippen molar-refractivity contribution >= 4 is 17.8 Å². The first-order chi connectivity index (χ1) is 8.27. The van der Waals surface area contributed by atoms with Crippen molar-refractivity contribution in [2.45, 2.75) is 0 Å². The van der Waals surface area contributed by atoms with Gasteiger partial charge in [-0.25, -0.2) is 0 Å². The van der Waals surface area contributed by atoms with Gasteiger partial charge in [-0.1, -0.05) is 30.4 Å². The van der Waals surface area contributed by atoms with Crippen LogP contribution in [0, 0.1) is 0 Å². The molecule has 1 aromatic carbocycles. The van der Waals surface area contributed by atoms with Crippen LogP contribution in [0.4, 0.5) is 5.69 Å². The smallest absolute Gasteiger partial charge is 0.0434 e. The number of nitrogens with zero attached hydrogens (tertiary/aromatic N) is 2. The molecule has 86 valence electrons. The van der Waals surface area contributed by atoms with Crippen molar-refractivity contribution < 1.29 is 0 Å². The molecule has 2 nitrogen and oxygen atoms in total. The topological polar surface area (TPSA) is 16.1 Å². The Morgan fingerprint density at radius 1 is 0.941 bits per heavy atom. The third-order valence-corrected chi connectivity index (χ3v) is 2.58. The van der Waals surface area contributed by atoms with E-state index in [4.69, 9.17) is 0 Å². The van der Waals surface area contributed by atoms with Gasteiger partial charge in [0.15, 0.2) is 0 Å². The fourth-order valence-corrected chi connectivity index (χ4v) is 1.70. The van der Waals surface area contributed by atoms with Crippen LogP contribution < -0.4 is 4.90 Å². The van der Waals surface area contributed by atoms with E-state index in [-0.39, 0.29) is 0 Å². The molecule has 0 N–H and O–H groups in total. The first-order valence-electron chi connectivity index (χ1n) is 5.62. The number of para-hydroxylation sites is 1. The molecule has 0 atom stereocenters. The number of hydrogen-bond donors (Lipinski definition) is 0. The maximum atomic E-state index is 4.00. The summed E-state index contributed by atoms with van der Waals surface area (Å²) in [6, 6.07) is 12.3. The van der Waals surface area contributed by atoms with Gasteiger partial charge in [0.1, 0.15) is 0 Å². The standard InChI is InChI=1S/C15H16N2/c1-17(2)15-6-4-3-5-14(15)8-7-13-9-11-16-12-10-13/h3-12H,1-2H3/b8-7+. The number of benzene rings is 1. The second-order valence-electron chi connectivity index (χ2n) is 4.07. The Hall–Kier alpha value is -2.09. The summed E-state index contributed by atoms with van der Waals surface area (Å²) in [6.07, 6.45) is 7.84. The normalized spacial score (nSPS) is 10.7. The van der Waals surface area contributed by atoms with Crippen LogP contribution in [0.15, 0.2) is 48.8 Å². The van der Waals surface area contributed by atoms with E-state index in [1.165, 1.54) is 11.3 Å². The van der Waals surface area contributed by atoms with Crippen molar-refractivity contribution in [1.82, 2.24) is 4.98 Å². The van der Waals surface area contributed by atoms with E-state index in [2.05, 4.69) is 60.4 Å². The first-order valence-corrected chi connectivity index (χ1v) is 5.62. The van der Waals surface area contributed by atoms with E-state index in [1.807, 2.05) is 12.1 Å². The van der Waals surface area contributed by atoms with E-state index < -0.39 is 0 Å². The van der Waals surface area contributed by atoms with Gasteiger partial charge < -0.3 is 4.90 Å². The Balaban J connectivity index is 2.27. The molecule has 2 heteroatoms. The molecule has 0 saturated heterocycles. The van der Waals surface area contributed by atoms with Gasteiger partial charge >= 0.3 is 0 Å². The summed E-state index contributed by atoms with van der Waals surface area (Å²) in [6.45, 7) is 0. The van der Waals surface area contributed by atoms with Gasteiger partial charge in [-0.15, -0.1) is 0 Å². The van der Waals surface area contributed by atoms with Crippen LogP contribution in [0.1, 0.15) is 11.1 Å². The lowest BCUT2D eigenvalue weighted by atomic mass is 10.1. The van der Waals surface area contributed by atoms with E-state index in [1.54, 1.807) is 12.4 Å². The Labute approximate surface area is 102 Å². The van der Waals surface area contributed by atoms with Gasteiger partial charge in [-0.3, -0.25) is 4.98 Å². The summed E-state index contributed by atoms with van der Waals surface area (Å²) >= 11 is 0. The zero-order chi connectivity index (χ0) is 12.1. The summed E-state index contributed by atoms with van der Waals surface area (Å²) < 4.78 is 0. The highest BCUT2D eigenvalue weighted by Gasteiger charge is 1.99. The molecule has 0 spiro atoms. The monoisotopic (exact) mass is 224 g/mol. The summed E-state index contributed by atoms with van der Waals surface area (Å²) in [5.41, 5.74) is 3.60. The molecule has 17 heavy (non-hydrogen) atoms. The molecule has 2 rings (SSSR count). The zero-order valence-electron chi connectivity index (χ0n) is 10.2. The molecule has 0 unspecified atom stereocenters. The van der Waals surface area contributed by atoms with Crippen molar-refractivity contribution in [2.75, 3.05) is 19.0 Å². The fraction of sp³-hybridized carbons (Fsp3) is 0.133. The number of rotatable bonds is 3. The first kappa shape index (κ1) is 11.4. The number of aromatic nitrogens is 1. The van der Waals surface area contributed by atoms with Crippen LogP contribution >= 0.6 is 0 Å². The Bertz CT molecular complexity index is 501. The molecule has 0 aliphatic carbocycles. The maximum Gasteiger partial charge on any atom is 0.0434 e. The minimum absolute atomic E-state index is 1.16. The molecule has 2 aromatic rings. The predicted molar refractivity (Wildman–Crippen MR) is 73.9 cm³/mol. The van der Waals surface area contributed by atoms with Gasteiger partial charge in [-0.05, 0) is 29.3 Å². The summed E-state index contributed by atoms with van der Waals surface area (Å²) in [5.74, 6) is 0. The third kappa shape index (κ3) is 2.94. The maximum absolute atomic E-state index is 4.00. The quantitative estimate of drug-likeness (QED) is 0.795. The second-order valence-corrected chi connectivity index (χ2v) is 4.07. The van der Waals surface area contributed by atoms with Crippen LogP contribution in [0.2, 0.25) is 0 Å². The zero-order valence-corrected chi connectivity index (χ0v) is 10.2. The number of pyridine rings is 1. The van der Waals surface area contributed by atoms with Crippen molar-refractivity contribution in [3.8, 4) is 0 Å². The van der Waals surface area contributed by atoms with Crippen molar-refractivity contribution in [1.29, 1.82) is 0 Å². The number of anilines is 1. The summed E-state index contributed by atoms with van der Waals surface area (Å²) in [4.78, 5) is 6.12. The molecule has 0 saturated carbocycles. The Morgan fingerprint density at radius 3 is 2.35 bits per heavy atom. The molecular formula is C15H16N2. The Morgan fingerprint density at radius 2 is 1.65 bits per heavy atom.